The van der Waals surface area contributed by atoms with E-state index in [0.717, 1.165) is 25.7 Å². The summed E-state index contributed by atoms with van der Waals surface area (Å²) in [5.74, 6) is -2.36. The number of hydrogen-bond acceptors (Lipinski definition) is 4. The second-order valence-corrected chi connectivity index (χ2v) is 8.26. The minimum atomic E-state index is -0.906. The molecular weight excluding hydrogens is 416 g/mol. The fourth-order valence-corrected chi connectivity index (χ4v) is 3.05. The molecule has 0 N–H and O–H groups in total. The standard InChI is InChI=1S/2C12H24O2.Cu/c2*1-3-4-5-6-7-8-9-10-11(2)12(13)14;/h2*11H,3-10H2,1-2H3,(H,13,14);/q;;+2/p-2. The molecule has 0 aromatic carbocycles. The summed E-state index contributed by atoms with van der Waals surface area (Å²) >= 11 is 0. The topological polar surface area (TPSA) is 80.3 Å². The van der Waals surface area contributed by atoms with Crippen LogP contribution in [0.3, 0.4) is 0 Å². The van der Waals surface area contributed by atoms with E-state index in [-0.39, 0.29) is 28.9 Å². The quantitative estimate of drug-likeness (QED) is 0.212. The van der Waals surface area contributed by atoms with Crippen molar-refractivity contribution in [2.45, 2.75) is 130 Å². The summed E-state index contributed by atoms with van der Waals surface area (Å²) < 4.78 is 0. The van der Waals surface area contributed by atoms with Crippen LogP contribution in [0.25, 0.3) is 0 Å². The molecule has 5 heteroatoms. The maximum Gasteiger partial charge on any atom is 2.00 e. The van der Waals surface area contributed by atoms with Crippen LogP contribution in [0, 0.1) is 11.8 Å². The molecule has 0 aliphatic rings. The van der Waals surface area contributed by atoms with Gasteiger partial charge in [-0.25, -0.2) is 0 Å². The van der Waals surface area contributed by atoms with Crippen LogP contribution < -0.4 is 10.2 Å². The number of aliphatic carboxylic acids is 2. The fraction of sp³-hybridized carbons (Fsp3) is 0.917. The third-order valence-electron chi connectivity index (χ3n) is 5.29. The van der Waals surface area contributed by atoms with Gasteiger partial charge in [0, 0.05) is 11.9 Å². The first-order valence-electron chi connectivity index (χ1n) is 11.8. The summed E-state index contributed by atoms with van der Waals surface area (Å²) in [6.45, 7) is 7.88. The molecule has 0 bridgehead atoms. The van der Waals surface area contributed by atoms with Crippen molar-refractivity contribution in [1.29, 1.82) is 0 Å². The van der Waals surface area contributed by atoms with Gasteiger partial charge in [-0.3, -0.25) is 0 Å². The first-order chi connectivity index (χ1) is 13.4. The average Bonchev–Trinajstić information content (AvgIpc) is 2.66. The van der Waals surface area contributed by atoms with Gasteiger partial charge in [0.15, 0.2) is 0 Å². The summed E-state index contributed by atoms with van der Waals surface area (Å²) in [5.41, 5.74) is 0. The first-order valence-corrected chi connectivity index (χ1v) is 11.8. The third-order valence-corrected chi connectivity index (χ3v) is 5.29. The van der Waals surface area contributed by atoms with Crippen molar-refractivity contribution in [3.05, 3.63) is 0 Å². The molecule has 0 aliphatic carbocycles. The Hall–Kier alpha value is -0.541. The zero-order valence-electron chi connectivity index (χ0n) is 19.4. The maximum atomic E-state index is 10.4. The molecule has 0 aromatic rings. The molecule has 0 amide bonds. The van der Waals surface area contributed by atoms with Crippen molar-refractivity contribution in [3.8, 4) is 0 Å². The van der Waals surface area contributed by atoms with Crippen LogP contribution in [0.5, 0.6) is 0 Å². The van der Waals surface area contributed by atoms with Crippen molar-refractivity contribution in [1.82, 2.24) is 0 Å². The summed E-state index contributed by atoms with van der Waals surface area (Å²) in [6, 6.07) is 0. The molecule has 0 aromatic heterocycles. The van der Waals surface area contributed by atoms with E-state index < -0.39 is 11.9 Å². The van der Waals surface area contributed by atoms with E-state index in [2.05, 4.69) is 13.8 Å². The number of rotatable bonds is 18. The molecule has 0 rings (SSSR count). The van der Waals surface area contributed by atoms with Crippen LogP contribution >= 0.6 is 0 Å². The molecule has 177 valence electrons. The van der Waals surface area contributed by atoms with Gasteiger partial charge in [0.05, 0.1) is 0 Å². The molecular formula is C24H46CuO4. The molecule has 4 nitrogen and oxygen atoms in total. The van der Waals surface area contributed by atoms with Gasteiger partial charge in [0.1, 0.15) is 0 Å². The Balaban J connectivity index is -0.000000451. The summed E-state index contributed by atoms with van der Waals surface area (Å²) in [4.78, 5) is 20.8. The number of carboxylic acid groups (broad SMARTS) is 2. The molecule has 0 spiro atoms. The van der Waals surface area contributed by atoms with E-state index in [1.165, 1.54) is 77.0 Å². The minimum absolute atomic E-state index is 0. The number of carbonyl (C=O) groups is 2. The largest absolute Gasteiger partial charge is 2.00 e. The predicted molar refractivity (Wildman–Crippen MR) is 114 cm³/mol. The van der Waals surface area contributed by atoms with Crippen molar-refractivity contribution in [2.24, 2.45) is 11.8 Å². The Morgan fingerprint density at radius 1 is 0.552 bits per heavy atom. The Kier molecular flexibility index (Phi) is 29.1. The number of carboxylic acids is 2. The predicted octanol–water partition coefficient (Wildman–Crippen LogP) is 5.02. The van der Waals surface area contributed by atoms with Gasteiger partial charge in [0.2, 0.25) is 0 Å². The van der Waals surface area contributed by atoms with Crippen LogP contribution in [0.4, 0.5) is 0 Å². The molecule has 2 atom stereocenters. The van der Waals surface area contributed by atoms with Crippen LogP contribution in [-0.2, 0) is 26.7 Å². The van der Waals surface area contributed by atoms with Crippen LogP contribution in [0.15, 0.2) is 0 Å². The SMILES string of the molecule is CCCCCCCCCC(C)C(=O)[O-].CCCCCCCCCC(C)C(=O)[O-].[Cu+2]. The van der Waals surface area contributed by atoms with E-state index in [0.29, 0.717) is 0 Å². The van der Waals surface area contributed by atoms with Crippen molar-refractivity contribution in [3.63, 3.8) is 0 Å². The normalized spacial score (nSPS) is 12.3. The Bertz CT molecular complexity index is 327. The molecule has 29 heavy (non-hydrogen) atoms. The third kappa shape index (κ3) is 27.5. The van der Waals surface area contributed by atoms with Gasteiger partial charge in [0.25, 0.3) is 0 Å². The van der Waals surface area contributed by atoms with E-state index >= 15 is 0 Å². The Morgan fingerprint density at radius 2 is 0.793 bits per heavy atom. The molecule has 0 saturated heterocycles. The fourth-order valence-electron chi connectivity index (χ4n) is 3.05. The second-order valence-electron chi connectivity index (χ2n) is 8.26. The zero-order chi connectivity index (χ0) is 21.6. The second kappa shape index (κ2) is 25.5. The maximum absolute atomic E-state index is 10.4. The molecule has 0 heterocycles. The van der Waals surface area contributed by atoms with Gasteiger partial charge >= 0.3 is 17.1 Å². The molecule has 0 aliphatic heterocycles. The smallest absolute Gasteiger partial charge is 0.550 e. The van der Waals surface area contributed by atoms with Crippen LogP contribution in [0.2, 0.25) is 0 Å². The van der Waals surface area contributed by atoms with Crippen molar-refractivity contribution < 1.29 is 36.9 Å². The molecule has 0 saturated carbocycles. The van der Waals surface area contributed by atoms with Crippen molar-refractivity contribution in [2.75, 3.05) is 0 Å². The van der Waals surface area contributed by atoms with E-state index in [1.54, 1.807) is 13.8 Å². The van der Waals surface area contributed by atoms with Gasteiger partial charge in [-0.2, -0.15) is 0 Å². The summed E-state index contributed by atoms with van der Waals surface area (Å²) in [6.07, 6.45) is 18.9. The monoisotopic (exact) mass is 461 g/mol. The number of carbonyl (C=O) groups excluding carboxylic acids is 2. The molecule has 2 unspecified atom stereocenters. The zero-order valence-corrected chi connectivity index (χ0v) is 20.3. The van der Waals surface area contributed by atoms with Crippen LogP contribution in [0.1, 0.15) is 130 Å². The number of unbranched alkanes of at least 4 members (excludes halogenated alkanes) is 12. The van der Waals surface area contributed by atoms with E-state index in [4.69, 9.17) is 0 Å². The minimum Gasteiger partial charge on any atom is -0.550 e. The van der Waals surface area contributed by atoms with Gasteiger partial charge < -0.3 is 19.8 Å². The molecule has 0 fully saturated rings. The summed E-state index contributed by atoms with van der Waals surface area (Å²) in [5, 5.41) is 20.8. The van der Waals surface area contributed by atoms with E-state index in [1.807, 2.05) is 0 Å². The van der Waals surface area contributed by atoms with E-state index in [9.17, 15) is 19.8 Å². The van der Waals surface area contributed by atoms with Gasteiger partial charge in [-0.1, -0.05) is 118 Å². The molecule has 1 radical (unpaired) electrons. The van der Waals surface area contributed by atoms with Gasteiger partial charge in [-0.05, 0) is 24.7 Å². The average molecular weight is 462 g/mol. The Labute approximate surface area is 191 Å². The summed E-state index contributed by atoms with van der Waals surface area (Å²) in [7, 11) is 0. The first kappa shape index (κ1) is 33.1. The van der Waals surface area contributed by atoms with Crippen LogP contribution in [-0.4, -0.2) is 11.9 Å². The number of hydrogen-bond donors (Lipinski definition) is 0. The van der Waals surface area contributed by atoms with Crippen molar-refractivity contribution >= 4 is 11.9 Å². The van der Waals surface area contributed by atoms with Gasteiger partial charge in [-0.15, -0.1) is 0 Å². The Morgan fingerprint density at radius 3 is 1.03 bits per heavy atom.